The predicted molar refractivity (Wildman–Crippen MR) is 146 cm³/mol. The van der Waals surface area contributed by atoms with E-state index < -0.39 is 0 Å². The maximum absolute atomic E-state index is 5.32. The molecule has 1 aromatic rings. The monoisotopic (exact) mass is 490 g/mol. The summed E-state index contributed by atoms with van der Waals surface area (Å²) in [6.07, 6.45) is 6.85. The van der Waals surface area contributed by atoms with Crippen molar-refractivity contribution in [2.45, 2.75) is 38.5 Å². The summed E-state index contributed by atoms with van der Waals surface area (Å²) in [6.45, 7) is 12.3. The lowest BCUT2D eigenvalue weighted by Crippen LogP contribution is -2.54. The molecule has 6 aliphatic rings. The molecule has 7 heterocycles. The Morgan fingerprint density at radius 2 is 0.833 bits per heavy atom. The molecule has 0 bridgehead atoms. The fourth-order valence-electron chi connectivity index (χ4n) is 6.48. The predicted octanol–water partition coefficient (Wildman–Crippen LogP) is 1.90. The molecular formula is C26H38N10. The van der Waals surface area contributed by atoms with Crippen molar-refractivity contribution in [3.63, 3.8) is 0 Å². The molecule has 192 valence electrons. The normalized spacial score (nSPS) is 24.5. The first-order valence-corrected chi connectivity index (χ1v) is 14.1. The topological polar surface area (TPSA) is 69.4 Å². The number of pyridine rings is 1. The van der Waals surface area contributed by atoms with Crippen LogP contribution in [-0.4, -0.2) is 116 Å². The Labute approximate surface area is 214 Å². The summed E-state index contributed by atoms with van der Waals surface area (Å²) in [7, 11) is 0. The Balaban J connectivity index is 1.32. The summed E-state index contributed by atoms with van der Waals surface area (Å²) in [4.78, 5) is 34.8. The van der Waals surface area contributed by atoms with Gasteiger partial charge in [0, 0.05) is 90.7 Å². The highest BCUT2D eigenvalue weighted by Gasteiger charge is 2.33. The molecule has 0 atom stereocenters. The van der Waals surface area contributed by atoms with E-state index in [4.69, 9.17) is 20.0 Å². The number of aromatic nitrogens is 1. The van der Waals surface area contributed by atoms with E-state index in [0.29, 0.717) is 0 Å². The zero-order chi connectivity index (χ0) is 23.9. The van der Waals surface area contributed by atoms with Crippen LogP contribution >= 0.6 is 0 Å². The summed E-state index contributed by atoms with van der Waals surface area (Å²) in [5.74, 6) is 5.37. The molecule has 3 fully saturated rings. The summed E-state index contributed by atoms with van der Waals surface area (Å²) >= 11 is 0. The van der Waals surface area contributed by atoms with Crippen molar-refractivity contribution in [1.82, 2.24) is 19.7 Å². The first-order chi connectivity index (χ1) is 17.8. The van der Waals surface area contributed by atoms with Gasteiger partial charge in [-0.2, -0.15) is 0 Å². The van der Waals surface area contributed by atoms with Crippen molar-refractivity contribution < 1.29 is 0 Å². The SMILES string of the molecule is c1c(N2CCCN3CCCN=C32)cc(N2CCCN3CCCN=C32)nc1N1CCCN2CCCN=C21. The van der Waals surface area contributed by atoms with Crippen molar-refractivity contribution in [1.29, 1.82) is 0 Å². The second-order valence-corrected chi connectivity index (χ2v) is 10.6. The van der Waals surface area contributed by atoms with Gasteiger partial charge in [0.05, 0.1) is 5.69 Å². The summed E-state index contributed by atoms with van der Waals surface area (Å²) in [5, 5.41) is 0. The molecule has 3 saturated heterocycles. The number of hydrogen-bond acceptors (Lipinski definition) is 10. The van der Waals surface area contributed by atoms with Crippen LogP contribution in [0.3, 0.4) is 0 Å². The maximum Gasteiger partial charge on any atom is 0.202 e. The van der Waals surface area contributed by atoms with E-state index in [1.807, 2.05) is 0 Å². The molecule has 6 aliphatic heterocycles. The van der Waals surface area contributed by atoms with Gasteiger partial charge in [-0.3, -0.25) is 24.8 Å². The molecule has 7 rings (SSSR count). The van der Waals surface area contributed by atoms with Gasteiger partial charge in [-0.15, -0.1) is 0 Å². The van der Waals surface area contributed by atoms with Crippen molar-refractivity contribution in [3.8, 4) is 0 Å². The fraction of sp³-hybridized carbons (Fsp3) is 0.692. The van der Waals surface area contributed by atoms with Crippen LogP contribution in [0.2, 0.25) is 0 Å². The van der Waals surface area contributed by atoms with Crippen LogP contribution in [-0.2, 0) is 0 Å². The van der Waals surface area contributed by atoms with Crippen LogP contribution in [0.25, 0.3) is 0 Å². The number of nitrogens with zero attached hydrogens (tertiary/aromatic N) is 10. The van der Waals surface area contributed by atoms with E-state index in [1.165, 1.54) is 5.69 Å². The van der Waals surface area contributed by atoms with Crippen molar-refractivity contribution >= 4 is 35.2 Å². The Bertz CT molecular complexity index is 935. The fourth-order valence-corrected chi connectivity index (χ4v) is 6.48. The lowest BCUT2D eigenvalue weighted by Gasteiger charge is -2.44. The Hall–Kier alpha value is -3.04. The summed E-state index contributed by atoms with van der Waals surface area (Å²) in [5.41, 5.74) is 1.20. The Morgan fingerprint density at radius 1 is 0.444 bits per heavy atom. The molecule has 36 heavy (non-hydrogen) atoms. The van der Waals surface area contributed by atoms with Gasteiger partial charge in [0.1, 0.15) is 11.6 Å². The molecule has 0 radical (unpaired) electrons. The number of aliphatic imine (C=N–C) groups is 3. The molecule has 0 amide bonds. The molecule has 1 aromatic heterocycles. The first kappa shape index (κ1) is 22.2. The number of guanidine groups is 3. The molecule has 10 heteroatoms. The van der Waals surface area contributed by atoms with E-state index >= 15 is 0 Å². The third-order valence-electron chi connectivity index (χ3n) is 8.17. The zero-order valence-corrected chi connectivity index (χ0v) is 21.4. The highest BCUT2D eigenvalue weighted by molar-refractivity contribution is 6.02. The average Bonchev–Trinajstić information content (AvgIpc) is 2.96. The molecule has 0 N–H and O–H groups in total. The lowest BCUT2D eigenvalue weighted by molar-refractivity contribution is 0.358. The molecule has 0 spiro atoms. The third kappa shape index (κ3) is 3.94. The van der Waals surface area contributed by atoms with Gasteiger partial charge in [-0.05, 0) is 38.5 Å². The minimum atomic E-state index is 0.907. The molecule has 10 nitrogen and oxygen atoms in total. The van der Waals surface area contributed by atoms with Crippen LogP contribution in [0.1, 0.15) is 38.5 Å². The standard InChI is InChI=1S/C26H38N10/c1-7-27-24-31(10-1)13-4-16-34(24)21-19-22(35-17-5-14-32-11-2-8-28-25(32)35)30-23(20-21)36-18-6-15-33-12-3-9-29-26(33)36/h19-20H,1-18H2. The Morgan fingerprint density at radius 3 is 1.31 bits per heavy atom. The first-order valence-electron chi connectivity index (χ1n) is 14.1. The van der Waals surface area contributed by atoms with Gasteiger partial charge < -0.3 is 19.6 Å². The van der Waals surface area contributed by atoms with Gasteiger partial charge >= 0.3 is 0 Å². The largest absolute Gasteiger partial charge is 0.342 e. The Kier molecular flexibility index (Phi) is 5.82. The quantitative estimate of drug-likeness (QED) is 0.641. The van der Waals surface area contributed by atoms with Gasteiger partial charge in [0.25, 0.3) is 0 Å². The van der Waals surface area contributed by atoms with Crippen LogP contribution < -0.4 is 14.7 Å². The van der Waals surface area contributed by atoms with Gasteiger partial charge in [0.15, 0.2) is 0 Å². The van der Waals surface area contributed by atoms with E-state index in [-0.39, 0.29) is 0 Å². The maximum atomic E-state index is 5.32. The van der Waals surface area contributed by atoms with E-state index in [1.54, 1.807) is 0 Å². The second-order valence-electron chi connectivity index (χ2n) is 10.6. The number of anilines is 3. The van der Waals surface area contributed by atoms with Crippen molar-refractivity contribution in [3.05, 3.63) is 12.1 Å². The van der Waals surface area contributed by atoms with Crippen LogP contribution in [0.15, 0.2) is 27.1 Å². The smallest absolute Gasteiger partial charge is 0.202 e. The number of hydrogen-bond donors (Lipinski definition) is 0. The number of rotatable bonds is 3. The van der Waals surface area contributed by atoms with E-state index in [9.17, 15) is 0 Å². The zero-order valence-electron chi connectivity index (χ0n) is 21.4. The lowest BCUT2D eigenvalue weighted by atomic mass is 10.2. The van der Waals surface area contributed by atoms with Crippen molar-refractivity contribution in [2.24, 2.45) is 15.0 Å². The molecule has 0 saturated carbocycles. The molecule has 0 unspecified atom stereocenters. The minimum Gasteiger partial charge on any atom is -0.342 e. The van der Waals surface area contributed by atoms with E-state index in [0.717, 1.165) is 147 Å². The highest BCUT2D eigenvalue weighted by atomic mass is 15.5. The van der Waals surface area contributed by atoms with Crippen LogP contribution in [0.5, 0.6) is 0 Å². The van der Waals surface area contributed by atoms with Gasteiger partial charge in [-0.1, -0.05) is 0 Å². The number of fused-ring (bicyclic) bond motifs is 3. The molecule has 0 aromatic carbocycles. The van der Waals surface area contributed by atoms with Crippen molar-refractivity contribution in [2.75, 3.05) is 93.2 Å². The average molecular weight is 491 g/mol. The molecule has 0 aliphatic carbocycles. The van der Waals surface area contributed by atoms with Crippen LogP contribution in [0.4, 0.5) is 17.3 Å². The van der Waals surface area contributed by atoms with Gasteiger partial charge in [0.2, 0.25) is 17.9 Å². The van der Waals surface area contributed by atoms with Gasteiger partial charge in [-0.25, -0.2) is 4.98 Å². The second kappa shape index (κ2) is 9.44. The summed E-state index contributed by atoms with van der Waals surface area (Å²) < 4.78 is 0. The minimum absolute atomic E-state index is 0.907. The third-order valence-corrected chi connectivity index (χ3v) is 8.17. The highest BCUT2D eigenvalue weighted by Crippen LogP contribution is 2.33. The van der Waals surface area contributed by atoms with Crippen LogP contribution in [0, 0.1) is 0 Å². The summed E-state index contributed by atoms with van der Waals surface area (Å²) in [6, 6.07) is 4.57. The van der Waals surface area contributed by atoms with E-state index in [2.05, 4.69) is 41.5 Å². The molecular weight excluding hydrogens is 452 g/mol.